The highest BCUT2D eigenvalue weighted by Gasteiger charge is 2.18. The zero-order valence-electron chi connectivity index (χ0n) is 10.0. The lowest BCUT2D eigenvalue weighted by Gasteiger charge is -2.09. The molecule has 0 unspecified atom stereocenters. The Labute approximate surface area is 103 Å². The summed E-state index contributed by atoms with van der Waals surface area (Å²) < 4.78 is 0. The van der Waals surface area contributed by atoms with Crippen LogP contribution in [0.15, 0.2) is 11.6 Å². The molecular formula is C14H22OS. The number of rotatable bonds is 4. The zero-order chi connectivity index (χ0) is 11.2. The molecule has 2 aliphatic carbocycles. The Morgan fingerprint density at radius 1 is 1.19 bits per heavy atom. The van der Waals surface area contributed by atoms with E-state index in [9.17, 15) is 4.79 Å². The Hall–Kier alpha value is -0.240. The van der Waals surface area contributed by atoms with Crippen LogP contribution < -0.4 is 0 Å². The molecule has 0 saturated heterocycles. The van der Waals surface area contributed by atoms with Crippen molar-refractivity contribution in [1.82, 2.24) is 0 Å². The van der Waals surface area contributed by atoms with Gasteiger partial charge in [0.05, 0.1) is 5.75 Å². The van der Waals surface area contributed by atoms with Gasteiger partial charge in [0, 0.05) is 5.25 Å². The van der Waals surface area contributed by atoms with E-state index in [1.807, 2.05) is 11.8 Å². The van der Waals surface area contributed by atoms with Crippen LogP contribution in [-0.2, 0) is 4.79 Å². The Kier molecular flexibility index (Phi) is 4.95. The summed E-state index contributed by atoms with van der Waals surface area (Å²) in [6.45, 7) is 0. The van der Waals surface area contributed by atoms with Crippen LogP contribution in [0.3, 0.4) is 0 Å². The number of allylic oxidation sites excluding steroid dienone is 2. The van der Waals surface area contributed by atoms with E-state index >= 15 is 0 Å². The first-order chi connectivity index (χ1) is 7.86. The summed E-state index contributed by atoms with van der Waals surface area (Å²) >= 11 is 1.90. The highest BCUT2D eigenvalue weighted by molar-refractivity contribution is 8.00. The second kappa shape index (κ2) is 6.48. The van der Waals surface area contributed by atoms with Crippen LogP contribution in [0, 0.1) is 0 Å². The van der Waals surface area contributed by atoms with Gasteiger partial charge in [-0.3, -0.25) is 4.79 Å². The van der Waals surface area contributed by atoms with Gasteiger partial charge in [0.2, 0.25) is 0 Å². The summed E-state index contributed by atoms with van der Waals surface area (Å²) in [4.78, 5) is 12.0. The molecule has 0 radical (unpaired) electrons. The van der Waals surface area contributed by atoms with Gasteiger partial charge in [0.1, 0.15) is 0 Å². The van der Waals surface area contributed by atoms with Crippen molar-refractivity contribution in [2.24, 2.45) is 0 Å². The SMILES string of the molecule is O=C(CSC1CCCC1)C1=CCCCCC1. The van der Waals surface area contributed by atoms with Crippen LogP contribution in [0.1, 0.15) is 57.8 Å². The molecule has 1 fully saturated rings. The Morgan fingerprint density at radius 2 is 2.00 bits per heavy atom. The number of ketones is 1. The number of carbonyl (C=O) groups is 1. The zero-order valence-corrected chi connectivity index (χ0v) is 10.9. The topological polar surface area (TPSA) is 17.1 Å². The maximum absolute atomic E-state index is 12.0. The maximum atomic E-state index is 12.0. The molecule has 0 aliphatic heterocycles. The van der Waals surface area contributed by atoms with E-state index in [0.717, 1.165) is 29.4 Å². The predicted molar refractivity (Wildman–Crippen MR) is 70.9 cm³/mol. The summed E-state index contributed by atoms with van der Waals surface area (Å²) in [7, 11) is 0. The summed E-state index contributed by atoms with van der Waals surface area (Å²) in [5.41, 5.74) is 1.13. The number of carbonyl (C=O) groups excluding carboxylic acids is 1. The van der Waals surface area contributed by atoms with E-state index in [4.69, 9.17) is 0 Å². The molecule has 0 aromatic carbocycles. The Morgan fingerprint density at radius 3 is 2.81 bits per heavy atom. The summed E-state index contributed by atoms with van der Waals surface area (Å²) in [5.74, 6) is 1.15. The molecule has 90 valence electrons. The van der Waals surface area contributed by atoms with E-state index < -0.39 is 0 Å². The lowest BCUT2D eigenvalue weighted by atomic mass is 10.1. The third-order valence-electron chi connectivity index (χ3n) is 3.65. The van der Waals surface area contributed by atoms with Crippen LogP contribution in [0.25, 0.3) is 0 Å². The van der Waals surface area contributed by atoms with E-state index in [0.29, 0.717) is 5.78 Å². The first-order valence-corrected chi connectivity index (χ1v) is 7.75. The van der Waals surface area contributed by atoms with Gasteiger partial charge >= 0.3 is 0 Å². The molecule has 0 heterocycles. The molecule has 0 aromatic heterocycles. The molecule has 0 atom stereocenters. The fourth-order valence-corrected chi connectivity index (χ4v) is 3.85. The van der Waals surface area contributed by atoms with Crippen molar-refractivity contribution in [2.75, 3.05) is 5.75 Å². The van der Waals surface area contributed by atoms with Gasteiger partial charge in [-0.1, -0.05) is 25.3 Å². The Bertz CT molecular complexity index is 264. The van der Waals surface area contributed by atoms with Crippen molar-refractivity contribution in [2.45, 2.75) is 63.0 Å². The van der Waals surface area contributed by atoms with Gasteiger partial charge in [-0.05, 0) is 44.1 Å². The van der Waals surface area contributed by atoms with Crippen LogP contribution in [-0.4, -0.2) is 16.8 Å². The second-order valence-electron chi connectivity index (χ2n) is 4.97. The van der Waals surface area contributed by atoms with E-state index in [-0.39, 0.29) is 0 Å². The highest BCUT2D eigenvalue weighted by Crippen LogP contribution is 2.30. The number of hydrogen-bond acceptors (Lipinski definition) is 2. The molecule has 2 heteroatoms. The van der Waals surface area contributed by atoms with Crippen molar-refractivity contribution in [3.05, 3.63) is 11.6 Å². The quantitative estimate of drug-likeness (QED) is 0.733. The first kappa shape index (κ1) is 12.2. The monoisotopic (exact) mass is 238 g/mol. The fraction of sp³-hybridized carbons (Fsp3) is 0.786. The number of hydrogen-bond donors (Lipinski definition) is 0. The van der Waals surface area contributed by atoms with Crippen LogP contribution in [0.4, 0.5) is 0 Å². The lowest BCUT2D eigenvalue weighted by Crippen LogP contribution is -2.08. The normalized spacial score (nSPS) is 22.9. The molecule has 16 heavy (non-hydrogen) atoms. The van der Waals surface area contributed by atoms with E-state index in [2.05, 4.69) is 6.08 Å². The van der Waals surface area contributed by atoms with Crippen LogP contribution in [0.2, 0.25) is 0 Å². The van der Waals surface area contributed by atoms with Gasteiger partial charge < -0.3 is 0 Å². The molecule has 2 rings (SSSR count). The average Bonchev–Trinajstić information content (AvgIpc) is 2.66. The third kappa shape index (κ3) is 3.65. The van der Waals surface area contributed by atoms with Gasteiger partial charge in [-0.25, -0.2) is 0 Å². The molecule has 0 spiro atoms. The second-order valence-corrected chi connectivity index (χ2v) is 6.26. The number of thioether (sulfide) groups is 1. The molecule has 0 aromatic rings. The summed E-state index contributed by atoms with van der Waals surface area (Å²) in [6, 6.07) is 0. The largest absolute Gasteiger partial charge is 0.294 e. The number of Topliss-reactive ketones (excluding diaryl/α,β-unsaturated/α-hetero) is 1. The van der Waals surface area contributed by atoms with Crippen LogP contribution >= 0.6 is 11.8 Å². The third-order valence-corrected chi connectivity index (χ3v) is 5.02. The highest BCUT2D eigenvalue weighted by atomic mass is 32.2. The molecule has 0 amide bonds. The van der Waals surface area contributed by atoms with Crippen molar-refractivity contribution < 1.29 is 4.79 Å². The standard InChI is InChI=1S/C14H22OS/c15-14(11-16-13-9-5-6-10-13)12-7-3-1-2-4-8-12/h7,13H,1-6,8-11H2. The minimum Gasteiger partial charge on any atom is -0.294 e. The molecule has 1 saturated carbocycles. The van der Waals surface area contributed by atoms with E-state index in [1.165, 1.54) is 44.9 Å². The van der Waals surface area contributed by atoms with Gasteiger partial charge in [-0.15, -0.1) is 0 Å². The van der Waals surface area contributed by atoms with E-state index in [1.54, 1.807) is 0 Å². The maximum Gasteiger partial charge on any atom is 0.168 e. The minimum absolute atomic E-state index is 0.416. The molecular weight excluding hydrogens is 216 g/mol. The lowest BCUT2D eigenvalue weighted by molar-refractivity contribution is -0.113. The molecule has 1 nitrogen and oxygen atoms in total. The summed E-state index contributed by atoms with van der Waals surface area (Å²) in [6.07, 6.45) is 13.5. The van der Waals surface area contributed by atoms with Crippen molar-refractivity contribution in [3.8, 4) is 0 Å². The van der Waals surface area contributed by atoms with Crippen molar-refractivity contribution in [1.29, 1.82) is 0 Å². The van der Waals surface area contributed by atoms with Crippen LogP contribution in [0.5, 0.6) is 0 Å². The smallest absolute Gasteiger partial charge is 0.168 e. The van der Waals surface area contributed by atoms with Gasteiger partial charge in [0.25, 0.3) is 0 Å². The van der Waals surface area contributed by atoms with Crippen molar-refractivity contribution >= 4 is 17.5 Å². The Balaban J connectivity index is 1.75. The van der Waals surface area contributed by atoms with Crippen molar-refractivity contribution in [3.63, 3.8) is 0 Å². The predicted octanol–water partition coefficient (Wildman–Crippen LogP) is 4.12. The summed E-state index contributed by atoms with van der Waals surface area (Å²) in [5, 5.41) is 0.773. The molecule has 0 N–H and O–H groups in total. The van der Waals surface area contributed by atoms with Gasteiger partial charge in [0.15, 0.2) is 5.78 Å². The molecule has 0 bridgehead atoms. The molecule has 2 aliphatic rings. The first-order valence-electron chi connectivity index (χ1n) is 6.70. The fourth-order valence-electron chi connectivity index (χ4n) is 2.61. The minimum atomic E-state index is 0.416. The average molecular weight is 238 g/mol. The van der Waals surface area contributed by atoms with Gasteiger partial charge in [-0.2, -0.15) is 11.8 Å².